The van der Waals surface area contributed by atoms with E-state index >= 15 is 0 Å². The van der Waals surface area contributed by atoms with Crippen LogP contribution in [0, 0.1) is 0 Å². The summed E-state index contributed by atoms with van der Waals surface area (Å²) in [4.78, 5) is 18.5. The molecule has 4 rings (SSSR count). The Bertz CT molecular complexity index is 901. The van der Waals surface area contributed by atoms with E-state index < -0.39 is 0 Å². The molecule has 114 valence electrons. The maximum absolute atomic E-state index is 12.3. The van der Waals surface area contributed by atoms with Gasteiger partial charge in [-0.2, -0.15) is 0 Å². The Morgan fingerprint density at radius 3 is 2.78 bits per heavy atom. The number of carbonyl (C=O) groups is 1. The third kappa shape index (κ3) is 2.40. The van der Waals surface area contributed by atoms with Crippen molar-refractivity contribution in [3.8, 4) is 10.6 Å². The molecule has 0 aliphatic carbocycles. The third-order valence-electron chi connectivity index (χ3n) is 3.78. The van der Waals surface area contributed by atoms with Crippen LogP contribution in [-0.4, -0.2) is 22.0 Å². The largest absolute Gasteiger partial charge is 0.350 e. The minimum absolute atomic E-state index is 0.0311. The predicted octanol–water partition coefficient (Wildman–Crippen LogP) is 3.57. The molecular weight excluding hydrogens is 326 g/mol. The molecule has 1 aliphatic rings. The van der Waals surface area contributed by atoms with Crippen molar-refractivity contribution in [2.24, 2.45) is 0 Å². The van der Waals surface area contributed by atoms with Crippen LogP contribution >= 0.6 is 23.6 Å². The van der Waals surface area contributed by atoms with Gasteiger partial charge in [0.05, 0.1) is 15.9 Å². The lowest BCUT2D eigenvalue weighted by atomic mass is 10.2. The summed E-state index contributed by atoms with van der Waals surface area (Å²) in [6, 6.07) is 15.6. The standard InChI is InChI=1S/C17H13N3OS2/c1-10-16(21)20(17(22)18-10)12-6-4-5-11(9-12)15-19-13-7-2-3-8-14(13)23-15/h2-10H,1H3,(H,18,22)/t10-/m0/s1. The van der Waals surface area contributed by atoms with Crippen LogP contribution < -0.4 is 10.2 Å². The normalized spacial score (nSPS) is 17.8. The van der Waals surface area contributed by atoms with Gasteiger partial charge < -0.3 is 5.32 Å². The van der Waals surface area contributed by atoms with Gasteiger partial charge in [0.2, 0.25) is 0 Å². The molecule has 1 fully saturated rings. The predicted molar refractivity (Wildman–Crippen MR) is 97.7 cm³/mol. The minimum atomic E-state index is -0.284. The number of hydrogen-bond donors (Lipinski definition) is 1. The number of nitrogens with zero attached hydrogens (tertiary/aromatic N) is 2. The fraction of sp³-hybridized carbons (Fsp3) is 0.118. The Morgan fingerprint density at radius 2 is 2.04 bits per heavy atom. The number of thiocarbonyl (C=S) groups is 1. The zero-order valence-corrected chi connectivity index (χ0v) is 13.9. The monoisotopic (exact) mass is 339 g/mol. The molecule has 0 radical (unpaired) electrons. The maximum Gasteiger partial charge on any atom is 0.255 e. The Labute approximate surface area is 142 Å². The second kappa shape index (κ2) is 5.40. The van der Waals surface area contributed by atoms with Crippen molar-refractivity contribution in [1.29, 1.82) is 0 Å². The van der Waals surface area contributed by atoms with Crippen LogP contribution in [0.5, 0.6) is 0 Å². The lowest BCUT2D eigenvalue weighted by Crippen LogP contribution is -2.30. The topological polar surface area (TPSA) is 45.2 Å². The van der Waals surface area contributed by atoms with Crippen molar-refractivity contribution in [3.05, 3.63) is 48.5 Å². The molecule has 0 bridgehead atoms. The molecule has 4 nitrogen and oxygen atoms in total. The van der Waals surface area contributed by atoms with E-state index in [-0.39, 0.29) is 11.9 Å². The number of benzene rings is 2. The first kappa shape index (κ1) is 14.3. The molecular formula is C17H13N3OS2. The van der Waals surface area contributed by atoms with Crippen molar-refractivity contribution in [1.82, 2.24) is 10.3 Å². The van der Waals surface area contributed by atoms with Crippen molar-refractivity contribution >= 4 is 50.5 Å². The van der Waals surface area contributed by atoms with E-state index in [1.165, 1.54) is 0 Å². The van der Waals surface area contributed by atoms with Crippen LogP contribution in [0.3, 0.4) is 0 Å². The number of thiazole rings is 1. The zero-order chi connectivity index (χ0) is 16.0. The summed E-state index contributed by atoms with van der Waals surface area (Å²) in [6.07, 6.45) is 0. The first-order chi connectivity index (χ1) is 11.1. The Kier molecular flexibility index (Phi) is 3.36. The Hall–Kier alpha value is -2.31. The third-order valence-corrected chi connectivity index (χ3v) is 5.16. The molecule has 0 saturated carbocycles. The average Bonchev–Trinajstić information content (AvgIpc) is 3.09. The fourth-order valence-corrected chi connectivity index (χ4v) is 3.96. The van der Waals surface area contributed by atoms with Gasteiger partial charge in [0.25, 0.3) is 5.91 Å². The van der Waals surface area contributed by atoms with E-state index in [4.69, 9.17) is 12.2 Å². The van der Waals surface area contributed by atoms with Crippen LogP contribution in [0.2, 0.25) is 0 Å². The number of fused-ring (bicyclic) bond motifs is 1. The Morgan fingerprint density at radius 1 is 1.22 bits per heavy atom. The van der Waals surface area contributed by atoms with Crippen molar-refractivity contribution in [3.63, 3.8) is 0 Å². The second-order valence-electron chi connectivity index (χ2n) is 5.38. The van der Waals surface area contributed by atoms with Gasteiger partial charge in [0.1, 0.15) is 11.0 Å². The molecule has 1 N–H and O–H groups in total. The zero-order valence-electron chi connectivity index (χ0n) is 12.3. The van der Waals surface area contributed by atoms with Gasteiger partial charge in [0.15, 0.2) is 5.11 Å². The van der Waals surface area contributed by atoms with Crippen LogP contribution in [-0.2, 0) is 4.79 Å². The van der Waals surface area contributed by atoms with E-state index in [1.807, 2.05) is 49.4 Å². The number of para-hydroxylation sites is 1. The summed E-state index contributed by atoms with van der Waals surface area (Å²) in [5.74, 6) is -0.0311. The van der Waals surface area contributed by atoms with Crippen molar-refractivity contribution in [2.45, 2.75) is 13.0 Å². The molecule has 1 aromatic heterocycles. The summed E-state index contributed by atoms with van der Waals surface area (Å²) in [7, 11) is 0. The van der Waals surface area contributed by atoms with Crippen LogP contribution in [0.1, 0.15) is 6.92 Å². The summed E-state index contributed by atoms with van der Waals surface area (Å²) in [6.45, 7) is 1.81. The number of hydrogen-bond acceptors (Lipinski definition) is 4. The van der Waals surface area contributed by atoms with Crippen LogP contribution in [0.15, 0.2) is 48.5 Å². The van der Waals surface area contributed by atoms with Crippen molar-refractivity contribution in [2.75, 3.05) is 4.90 Å². The molecule has 2 heterocycles. The van der Waals surface area contributed by atoms with Crippen molar-refractivity contribution < 1.29 is 4.79 Å². The summed E-state index contributed by atoms with van der Waals surface area (Å²) in [5.41, 5.74) is 2.74. The van der Waals surface area contributed by atoms with Gasteiger partial charge in [-0.3, -0.25) is 9.69 Å². The molecule has 6 heteroatoms. The smallest absolute Gasteiger partial charge is 0.255 e. The van der Waals surface area contributed by atoms with E-state index in [9.17, 15) is 4.79 Å². The number of nitrogens with one attached hydrogen (secondary N) is 1. The highest BCUT2D eigenvalue weighted by molar-refractivity contribution is 7.80. The molecule has 2 aromatic carbocycles. The number of amides is 1. The van der Waals surface area contributed by atoms with E-state index in [0.29, 0.717) is 5.11 Å². The molecule has 23 heavy (non-hydrogen) atoms. The molecule has 0 spiro atoms. The number of aromatic nitrogens is 1. The fourth-order valence-electron chi connectivity index (χ4n) is 2.62. The van der Waals surface area contributed by atoms with Gasteiger partial charge >= 0.3 is 0 Å². The maximum atomic E-state index is 12.3. The molecule has 3 aromatic rings. The SMILES string of the molecule is C[C@@H]1NC(=S)N(c2cccc(-c3nc4ccccc4s3)c2)C1=O. The molecule has 0 unspecified atom stereocenters. The van der Waals surface area contributed by atoms with E-state index in [1.54, 1.807) is 16.2 Å². The molecule has 1 aliphatic heterocycles. The second-order valence-corrected chi connectivity index (χ2v) is 6.80. The summed E-state index contributed by atoms with van der Waals surface area (Å²) >= 11 is 6.91. The lowest BCUT2D eigenvalue weighted by molar-refractivity contribution is -0.117. The number of carbonyl (C=O) groups excluding carboxylic acids is 1. The highest BCUT2D eigenvalue weighted by atomic mass is 32.1. The molecule has 1 atom stereocenters. The first-order valence-electron chi connectivity index (χ1n) is 7.24. The Balaban J connectivity index is 1.77. The van der Waals surface area contributed by atoms with E-state index in [2.05, 4.69) is 16.4 Å². The number of rotatable bonds is 2. The van der Waals surface area contributed by atoms with Gasteiger partial charge in [-0.1, -0.05) is 24.3 Å². The highest BCUT2D eigenvalue weighted by Gasteiger charge is 2.33. The van der Waals surface area contributed by atoms with Gasteiger partial charge in [0, 0.05) is 5.56 Å². The lowest BCUT2D eigenvalue weighted by Gasteiger charge is -2.15. The van der Waals surface area contributed by atoms with Crippen LogP contribution in [0.25, 0.3) is 20.8 Å². The highest BCUT2D eigenvalue weighted by Crippen LogP contribution is 2.32. The summed E-state index contributed by atoms with van der Waals surface area (Å²) < 4.78 is 1.15. The minimum Gasteiger partial charge on any atom is -0.350 e. The van der Waals surface area contributed by atoms with Gasteiger partial charge in [-0.15, -0.1) is 11.3 Å². The molecule has 1 saturated heterocycles. The van der Waals surface area contributed by atoms with Crippen LogP contribution in [0.4, 0.5) is 5.69 Å². The molecule has 1 amide bonds. The average molecular weight is 339 g/mol. The number of anilines is 1. The summed E-state index contributed by atoms with van der Waals surface area (Å²) in [5, 5.41) is 4.38. The van der Waals surface area contributed by atoms with Gasteiger partial charge in [-0.05, 0) is 43.4 Å². The van der Waals surface area contributed by atoms with Gasteiger partial charge in [-0.25, -0.2) is 4.98 Å². The van der Waals surface area contributed by atoms with E-state index in [0.717, 1.165) is 26.5 Å². The first-order valence-corrected chi connectivity index (χ1v) is 8.46. The quantitative estimate of drug-likeness (QED) is 0.725.